The van der Waals surface area contributed by atoms with E-state index >= 15 is 0 Å². The number of aryl methyl sites for hydroxylation is 1. The number of aliphatic hydroxyl groups is 1. The Morgan fingerprint density at radius 2 is 2.11 bits per heavy atom. The van der Waals surface area contributed by atoms with Crippen molar-refractivity contribution in [3.05, 3.63) is 24.0 Å². The fourth-order valence-corrected chi connectivity index (χ4v) is 2.74. The van der Waals surface area contributed by atoms with Crippen LogP contribution in [-0.4, -0.2) is 33.9 Å². The molecule has 1 aliphatic rings. The molecule has 0 spiro atoms. The van der Waals surface area contributed by atoms with Crippen molar-refractivity contribution in [3.63, 3.8) is 0 Å². The number of hydrogen-bond donors (Lipinski definition) is 2. The zero-order valence-corrected chi connectivity index (χ0v) is 11.2. The number of fused-ring (bicyclic) bond motifs is 1. The second-order valence-electron chi connectivity index (χ2n) is 5.18. The van der Waals surface area contributed by atoms with Crippen LogP contribution in [0.4, 0.5) is 5.69 Å². The number of nitrogens with two attached hydrogens (primary N) is 1. The molecule has 2 heterocycles. The van der Waals surface area contributed by atoms with Crippen molar-refractivity contribution >= 4 is 16.7 Å². The molecule has 0 atom stereocenters. The number of rotatable bonds is 2. The molecule has 1 aliphatic heterocycles. The maximum atomic E-state index is 9.56. The fourth-order valence-electron chi connectivity index (χ4n) is 2.74. The lowest BCUT2D eigenvalue weighted by atomic mass is 10.1. The van der Waals surface area contributed by atoms with Crippen molar-refractivity contribution in [2.45, 2.75) is 25.5 Å². The third-order valence-corrected chi connectivity index (χ3v) is 3.97. The number of nitrogens with zero attached hydrogens (tertiary/aromatic N) is 3. The van der Waals surface area contributed by atoms with E-state index in [0.717, 1.165) is 42.8 Å². The second-order valence-corrected chi connectivity index (χ2v) is 5.18. The van der Waals surface area contributed by atoms with E-state index in [2.05, 4.69) is 28.1 Å². The lowest BCUT2D eigenvalue weighted by Crippen LogP contribution is -2.35. The average molecular weight is 260 g/mol. The number of aromatic nitrogens is 2. The minimum absolute atomic E-state index is 0.140. The molecule has 0 aliphatic carbocycles. The summed E-state index contributed by atoms with van der Waals surface area (Å²) in [4.78, 5) is 6.87. The predicted molar refractivity (Wildman–Crippen MR) is 76.1 cm³/mol. The maximum Gasteiger partial charge on any atom is 0.123 e. The van der Waals surface area contributed by atoms with Gasteiger partial charge in [0.15, 0.2) is 0 Å². The largest absolute Gasteiger partial charge is 0.393 e. The van der Waals surface area contributed by atoms with E-state index in [0.29, 0.717) is 6.54 Å². The van der Waals surface area contributed by atoms with Gasteiger partial charge in [-0.25, -0.2) is 4.98 Å². The standard InChI is InChI=1S/C14H20N4O/c1-17-13-3-2-10(8-12(13)16-14(17)9-15)18-6-4-11(19)5-7-18/h2-3,8,11,19H,4-7,9,15H2,1H3. The van der Waals surface area contributed by atoms with Crippen LogP contribution in [0.3, 0.4) is 0 Å². The highest BCUT2D eigenvalue weighted by Crippen LogP contribution is 2.25. The summed E-state index contributed by atoms with van der Waals surface area (Å²) in [7, 11) is 1.99. The van der Waals surface area contributed by atoms with Gasteiger partial charge < -0.3 is 20.3 Å². The third-order valence-electron chi connectivity index (χ3n) is 3.97. The zero-order valence-electron chi connectivity index (χ0n) is 11.2. The fraction of sp³-hybridized carbons (Fsp3) is 0.500. The van der Waals surface area contributed by atoms with Crippen LogP contribution in [0.1, 0.15) is 18.7 Å². The molecule has 0 amide bonds. The number of anilines is 1. The van der Waals surface area contributed by atoms with E-state index in [-0.39, 0.29) is 6.10 Å². The molecule has 19 heavy (non-hydrogen) atoms. The Kier molecular flexibility index (Phi) is 3.16. The lowest BCUT2D eigenvalue weighted by Gasteiger charge is -2.31. The van der Waals surface area contributed by atoms with Crippen molar-refractivity contribution in [1.29, 1.82) is 0 Å². The topological polar surface area (TPSA) is 67.3 Å². The summed E-state index contributed by atoms with van der Waals surface area (Å²) in [6, 6.07) is 6.34. The predicted octanol–water partition coefficient (Wildman–Crippen LogP) is 0.993. The Bertz CT molecular complexity index is 584. The van der Waals surface area contributed by atoms with E-state index in [4.69, 9.17) is 5.73 Å². The van der Waals surface area contributed by atoms with Gasteiger partial charge in [0.1, 0.15) is 5.82 Å². The van der Waals surface area contributed by atoms with Crippen LogP contribution in [0, 0.1) is 0 Å². The van der Waals surface area contributed by atoms with Gasteiger partial charge in [-0.1, -0.05) is 0 Å². The molecular formula is C14H20N4O. The van der Waals surface area contributed by atoms with E-state index in [1.807, 2.05) is 11.6 Å². The normalized spacial score (nSPS) is 17.3. The minimum Gasteiger partial charge on any atom is -0.393 e. The molecule has 102 valence electrons. The van der Waals surface area contributed by atoms with Crippen molar-refractivity contribution in [2.75, 3.05) is 18.0 Å². The van der Waals surface area contributed by atoms with Crippen LogP contribution in [0.15, 0.2) is 18.2 Å². The summed E-state index contributed by atoms with van der Waals surface area (Å²) in [5.41, 5.74) is 8.98. The molecule has 5 heteroatoms. The van der Waals surface area contributed by atoms with Crippen molar-refractivity contribution in [1.82, 2.24) is 9.55 Å². The quantitative estimate of drug-likeness (QED) is 0.845. The maximum absolute atomic E-state index is 9.56. The van der Waals surface area contributed by atoms with Crippen LogP contribution < -0.4 is 10.6 Å². The SMILES string of the molecule is Cn1c(CN)nc2cc(N3CCC(O)CC3)ccc21. The van der Waals surface area contributed by atoms with E-state index in [1.54, 1.807) is 0 Å². The summed E-state index contributed by atoms with van der Waals surface area (Å²) in [6.07, 6.45) is 1.54. The Labute approximate surface area is 112 Å². The van der Waals surface area contributed by atoms with Gasteiger partial charge in [0.05, 0.1) is 23.7 Å². The van der Waals surface area contributed by atoms with Crippen molar-refractivity contribution in [2.24, 2.45) is 12.8 Å². The summed E-state index contributed by atoms with van der Waals surface area (Å²) in [5, 5.41) is 9.56. The van der Waals surface area contributed by atoms with Gasteiger partial charge >= 0.3 is 0 Å². The van der Waals surface area contributed by atoms with Crippen LogP contribution in [0.25, 0.3) is 11.0 Å². The number of hydrogen-bond acceptors (Lipinski definition) is 4. The summed E-state index contributed by atoms with van der Waals surface area (Å²) < 4.78 is 2.04. The third kappa shape index (κ3) is 2.19. The summed E-state index contributed by atoms with van der Waals surface area (Å²) in [5.74, 6) is 0.904. The molecule has 1 fully saturated rings. The summed E-state index contributed by atoms with van der Waals surface area (Å²) in [6.45, 7) is 2.27. The first-order valence-corrected chi connectivity index (χ1v) is 6.77. The molecule has 5 nitrogen and oxygen atoms in total. The average Bonchev–Trinajstić information content (AvgIpc) is 2.76. The number of piperidine rings is 1. The van der Waals surface area contributed by atoms with Gasteiger partial charge in [0, 0.05) is 25.8 Å². The number of benzene rings is 1. The van der Waals surface area contributed by atoms with Crippen molar-refractivity contribution < 1.29 is 5.11 Å². The molecular weight excluding hydrogens is 240 g/mol. The first-order chi connectivity index (χ1) is 9.19. The zero-order chi connectivity index (χ0) is 13.4. The van der Waals surface area contributed by atoms with E-state index < -0.39 is 0 Å². The molecule has 0 saturated carbocycles. The Hall–Kier alpha value is -1.59. The molecule has 0 bridgehead atoms. The molecule has 1 aromatic heterocycles. The van der Waals surface area contributed by atoms with Gasteiger partial charge in [0.25, 0.3) is 0 Å². The van der Waals surface area contributed by atoms with E-state index in [9.17, 15) is 5.11 Å². The Morgan fingerprint density at radius 3 is 2.79 bits per heavy atom. The number of aliphatic hydroxyl groups excluding tert-OH is 1. The monoisotopic (exact) mass is 260 g/mol. The van der Waals surface area contributed by atoms with Gasteiger partial charge in [-0.3, -0.25) is 0 Å². The van der Waals surface area contributed by atoms with Crippen LogP contribution >= 0.6 is 0 Å². The first-order valence-electron chi connectivity index (χ1n) is 6.77. The van der Waals surface area contributed by atoms with Gasteiger partial charge in [0.2, 0.25) is 0 Å². The molecule has 3 N–H and O–H groups in total. The smallest absolute Gasteiger partial charge is 0.123 e. The highest BCUT2D eigenvalue weighted by molar-refractivity contribution is 5.80. The molecule has 1 saturated heterocycles. The van der Waals surface area contributed by atoms with E-state index in [1.165, 1.54) is 5.69 Å². The first kappa shape index (κ1) is 12.4. The summed E-state index contributed by atoms with van der Waals surface area (Å²) >= 11 is 0. The van der Waals surface area contributed by atoms with Gasteiger partial charge in [-0.15, -0.1) is 0 Å². The van der Waals surface area contributed by atoms with Crippen LogP contribution in [0.5, 0.6) is 0 Å². The lowest BCUT2D eigenvalue weighted by molar-refractivity contribution is 0.145. The van der Waals surface area contributed by atoms with Gasteiger partial charge in [-0.05, 0) is 31.0 Å². The minimum atomic E-state index is -0.140. The Morgan fingerprint density at radius 1 is 1.37 bits per heavy atom. The highest BCUT2D eigenvalue weighted by Gasteiger charge is 2.18. The Balaban J connectivity index is 1.93. The van der Waals surface area contributed by atoms with Crippen molar-refractivity contribution in [3.8, 4) is 0 Å². The van der Waals surface area contributed by atoms with Crippen LogP contribution in [-0.2, 0) is 13.6 Å². The molecule has 1 aromatic carbocycles. The molecule has 2 aromatic rings. The van der Waals surface area contributed by atoms with Gasteiger partial charge in [-0.2, -0.15) is 0 Å². The number of imidazole rings is 1. The van der Waals surface area contributed by atoms with Crippen LogP contribution in [0.2, 0.25) is 0 Å². The second kappa shape index (κ2) is 4.83. The highest BCUT2D eigenvalue weighted by atomic mass is 16.3. The molecule has 0 radical (unpaired) electrons. The molecule has 0 unspecified atom stereocenters. The molecule has 3 rings (SSSR count).